The molecule has 0 bridgehead atoms. The maximum absolute atomic E-state index is 14.3. The van der Waals surface area contributed by atoms with Gasteiger partial charge in [-0.1, -0.05) is 11.6 Å². The van der Waals surface area contributed by atoms with Crippen LogP contribution in [0.25, 0.3) is 0 Å². The molecule has 3 N–H and O–H groups in total. The lowest BCUT2D eigenvalue weighted by atomic mass is 9.88. The Kier molecular flexibility index (Phi) is 4.99. The van der Waals surface area contributed by atoms with Crippen LogP contribution < -0.4 is 11.1 Å². The van der Waals surface area contributed by atoms with E-state index in [1.807, 2.05) is 0 Å². The number of ether oxygens (including phenoxy) is 1. The van der Waals surface area contributed by atoms with Gasteiger partial charge in [-0.2, -0.15) is 13.9 Å². The van der Waals surface area contributed by atoms with Crippen LogP contribution in [0.15, 0.2) is 29.4 Å². The highest BCUT2D eigenvalue weighted by Crippen LogP contribution is 2.35. The highest BCUT2D eigenvalue weighted by atomic mass is 35.5. The fourth-order valence-electron chi connectivity index (χ4n) is 2.74. The van der Waals surface area contributed by atoms with E-state index in [0.29, 0.717) is 29.0 Å². The molecule has 26 heavy (non-hydrogen) atoms. The number of aromatic nitrogens is 2. The molecule has 3 rings (SSSR count). The number of benzene rings is 1. The zero-order chi connectivity index (χ0) is 18.9. The fraction of sp³-hybridized carbons (Fsp3) is 0.375. The number of amidine groups is 1. The molecule has 140 valence electrons. The highest BCUT2D eigenvalue weighted by Gasteiger charge is 2.32. The Balaban J connectivity index is 1.81. The minimum Gasteiger partial charge on any atom is -0.465 e. The van der Waals surface area contributed by atoms with Crippen molar-refractivity contribution < 1.29 is 17.9 Å². The maximum Gasteiger partial charge on any atom is 0.333 e. The molecule has 0 fully saturated rings. The van der Waals surface area contributed by atoms with E-state index >= 15 is 0 Å². The van der Waals surface area contributed by atoms with Gasteiger partial charge in [0.15, 0.2) is 0 Å². The number of aliphatic imine (C=N–C) groups is 1. The van der Waals surface area contributed by atoms with Gasteiger partial charge in [0.25, 0.3) is 6.02 Å². The molecule has 1 unspecified atom stereocenters. The van der Waals surface area contributed by atoms with Gasteiger partial charge in [-0.3, -0.25) is 0 Å². The van der Waals surface area contributed by atoms with E-state index in [2.05, 4.69) is 15.4 Å². The van der Waals surface area contributed by atoms with Crippen molar-refractivity contribution in [2.75, 3.05) is 11.9 Å². The second-order valence-corrected chi connectivity index (χ2v) is 6.46. The Labute approximate surface area is 152 Å². The van der Waals surface area contributed by atoms with Crippen LogP contribution in [-0.4, -0.2) is 22.4 Å². The van der Waals surface area contributed by atoms with Crippen LogP contribution in [0.1, 0.15) is 31.2 Å². The predicted octanol–water partition coefficient (Wildman–Crippen LogP) is 3.63. The van der Waals surface area contributed by atoms with Crippen LogP contribution in [0.5, 0.6) is 0 Å². The normalized spacial score (nSPS) is 20.0. The van der Waals surface area contributed by atoms with Crippen molar-refractivity contribution >= 4 is 23.3 Å². The summed E-state index contributed by atoms with van der Waals surface area (Å²) in [5.41, 5.74) is 5.96. The first-order valence-electron chi connectivity index (χ1n) is 7.82. The number of nitrogens with two attached hydrogens (primary N) is 1. The molecule has 2 heterocycles. The summed E-state index contributed by atoms with van der Waals surface area (Å²) in [6.07, 6.45) is 1.53. The molecule has 0 saturated heterocycles. The fourth-order valence-corrected chi connectivity index (χ4v) is 2.95. The van der Waals surface area contributed by atoms with Gasteiger partial charge in [-0.05, 0) is 25.1 Å². The third kappa shape index (κ3) is 3.72. The van der Waals surface area contributed by atoms with Crippen LogP contribution in [0.4, 0.5) is 18.9 Å². The Morgan fingerprint density at radius 3 is 2.88 bits per heavy atom. The number of hydrogen-bond donors (Lipinski definition) is 2. The number of nitrogens with one attached hydrogen (secondary N) is 1. The van der Waals surface area contributed by atoms with Crippen LogP contribution >= 0.6 is 11.6 Å². The van der Waals surface area contributed by atoms with Crippen molar-refractivity contribution in [3.05, 3.63) is 46.5 Å². The van der Waals surface area contributed by atoms with Crippen molar-refractivity contribution in [1.82, 2.24) is 9.78 Å². The third-order valence-electron chi connectivity index (χ3n) is 4.16. The van der Waals surface area contributed by atoms with Gasteiger partial charge >= 0.3 is 6.55 Å². The van der Waals surface area contributed by atoms with Crippen LogP contribution in [-0.2, 0) is 16.8 Å². The van der Waals surface area contributed by atoms with E-state index in [-0.39, 0.29) is 23.3 Å². The number of nitrogens with zero attached hydrogens (tertiary/aromatic N) is 3. The van der Waals surface area contributed by atoms with E-state index in [0.717, 1.165) is 6.20 Å². The largest absolute Gasteiger partial charge is 0.465 e. The molecule has 1 aliphatic rings. The van der Waals surface area contributed by atoms with Crippen LogP contribution in [0.2, 0.25) is 5.02 Å². The van der Waals surface area contributed by atoms with E-state index in [1.54, 1.807) is 13.0 Å². The number of hydrogen-bond acceptors (Lipinski definition) is 5. The van der Waals surface area contributed by atoms with Gasteiger partial charge in [0.1, 0.15) is 11.5 Å². The van der Waals surface area contributed by atoms with Gasteiger partial charge in [0.2, 0.25) is 0 Å². The average Bonchev–Trinajstić information content (AvgIpc) is 2.95. The number of alkyl halides is 2. The van der Waals surface area contributed by atoms with Gasteiger partial charge in [0.05, 0.1) is 23.7 Å². The summed E-state index contributed by atoms with van der Waals surface area (Å²) in [5, 5.41) is 6.85. The first kappa shape index (κ1) is 18.4. The molecule has 0 radical (unpaired) electrons. The second-order valence-electron chi connectivity index (χ2n) is 6.05. The van der Waals surface area contributed by atoms with E-state index < -0.39 is 17.9 Å². The van der Waals surface area contributed by atoms with Crippen molar-refractivity contribution in [1.29, 1.82) is 0 Å². The summed E-state index contributed by atoms with van der Waals surface area (Å²) < 4.78 is 45.2. The molecule has 10 heteroatoms. The minimum absolute atomic E-state index is 0.0147. The quantitative estimate of drug-likeness (QED) is 0.821. The lowest BCUT2D eigenvalue weighted by Gasteiger charge is -2.30. The molecule has 6 nitrogen and oxygen atoms in total. The molecule has 0 spiro atoms. The molecule has 2 aromatic rings. The number of anilines is 1. The van der Waals surface area contributed by atoms with Gasteiger partial charge in [-0.25, -0.2) is 14.1 Å². The molecule has 0 aliphatic carbocycles. The molecule has 0 amide bonds. The third-order valence-corrected chi connectivity index (χ3v) is 4.48. The lowest BCUT2D eigenvalue weighted by molar-refractivity contribution is 0.0562. The number of halogens is 4. The minimum atomic E-state index is -2.77. The van der Waals surface area contributed by atoms with Crippen molar-refractivity contribution in [2.45, 2.75) is 32.0 Å². The molecular formula is C16H17ClF3N5O. The summed E-state index contributed by atoms with van der Waals surface area (Å²) >= 11 is 5.91. The summed E-state index contributed by atoms with van der Waals surface area (Å²) in [5.74, 6) is -0.420. The smallest absolute Gasteiger partial charge is 0.333 e. The number of rotatable bonds is 5. The van der Waals surface area contributed by atoms with Crippen molar-refractivity contribution in [3.63, 3.8) is 0 Å². The first-order chi connectivity index (χ1) is 12.3. The van der Waals surface area contributed by atoms with Crippen LogP contribution in [0, 0.1) is 5.82 Å². The molecule has 1 aromatic heterocycles. The first-order valence-corrected chi connectivity index (χ1v) is 8.20. The van der Waals surface area contributed by atoms with Gasteiger partial charge in [0, 0.05) is 23.9 Å². The van der Waals surface area contributed by atoms with Gasteiger partial charge in [-0.15, -0.1) is 0 Å². The highest BCUT2D eigenvalue weighted by molar-refractivity contribution is 6.31. The Morgan fingerprint density at radius 1 is 1.46 bits per heavy atom. The zero-order valence-electron chi connectivity index (χ0n) is 13.8. The summed E-state index contributed by atoms with van der Waals surface area (Å²) in [7, 11) is 0. The molecule has 1 atom stereocenters. The van der Waals surface area contributed by atoms with Crippen molar-refractivity contribution in [2.24, 2.45) is 10.7 Å². The molecule has 0 saturated carbocycles. The van der Waals surface area contributed by atoms with Crippen LogP contribution in [0.3, 0.4) is 0 Å². The monoisotopic (exact) mass is 387 g/mol. The lowest BCUT2D eigenvalue weighted by Crippen LogP contribution is -2.34. The average molecular weight is 388 g/mol. The summed E-state index contributed by atoms with van der Waals surface area (Å²) in [4.78, 5) is 4.23. The topological polar surface area (TPSA) is 77.5 Å². The Hall–Kier alpha value is -2.42. The zero-order valence-corrected chi connectivity index (χ0v) is 14.6. The maximum atomic E-state index is 14.3. The second kappa shape index (κ2) is 7.06. The summed E-state index contributed by atoms with van der Waals surface area (Å²) in [6, 6.07) is 4.46. The molecule has 1 aliphatic heterocycles. The Bertz CT molecular complexity index is 841. The Morgan fingerprint density at radius 2 is 2.23 bits per heavy atom. The summed E-state index contributed by atoms with van der Waals surface area (Å²) in [6.45, 7) is -0.556. The SMILES string of the molecule is CC1(c2cc(NCc3nn(C(F)F)cc3Cl)ccc2F)CCOC(N)=N1. The standard InChI is InChI=1S/C16H17ClF3N5O/c1-16(4-5-26-15(21)23-16)10-6-9(2-3-12(10)18)22-7-13-11(17)8-25(24-13)14(19)20/h2-3,6,8,14,22H,4-5,7H2,1H3,(H2,21,23). The predicted molar refractivity (Wildman–Crippen MR) is 91.8 cm³/mol. The molecular weight excluding hydrogens is 371 g/mol. The van der Waals surface area contributed by atoms with E-state index in [1.165, 1.54) is 12.1 Å². The van der Waals surface area contributed by atoms with Gasteiger partial charge < -0.3 is 15.8 Å². The van der Waals surface area contributed by atoms with E-state index in [4.69, 9.17) is 22.1 Å². The van der Waals surface area contributed by atoms with E-state index in [9.17, 15) is 13.2 Å². The molecule has 1 aromatic carbocycles. The van der Waals surface area contributed by atoms with Crippen molar-refractivity contribution in [3.8, 4) is 0 Å².